The highest BCUT2D eigenvalue weighted by Gasteiger charge is 2.23. The first-order valence-corrected chi connectivity index (χ1v) is 9.63. The van der Waals surface area contributed by atoms with Crippen LogP contribution in [0.2, 0.25) is 5.02 Å². The molecule has 0 aliphatic carbocycles. The van der Waals surface area contributed by atoms with Crippen molar-refractivity contribution < 1.29 is 24.1 Å². The Balaban J connectivity index is 2.20. The SMILES string of the molecule is COC(C)C(CO)n1cc(C(=O)O)c(=O)c2cc(Cc3cccc(Cl)c3F)ccc21. The van der Waals surface area contributed by atoms with Crippen LogP contribution in [0.5, 0.6) is 0 Å². The number of carboxylic acids is 1. The number of aromatic nitrogens is 1. The van der Waals surface area contributed by atoms with Gasteiger partial charge in [-0.2, -0.15) is 0 Å². The Labute approximate surface area is 177 Å². The average molecular weight is 434 g/mol. The zero-order chi connectivity index (χ0) is 22.0. The highest BCUT2D eigenvalue weighted by Crippen LogP contribution is 2.25. The van der Waals surface area contributed by atoms with Crippen molar-refractivity contribution in [3.63, 3.8) is 0 Å². The van der Waals surface area contributed by atoms with E-state index in [-0.39, 0.29) is 23.4 Å². The number of carbonyl (C=O) groups is 1. The molecule has 3 rings (SSSR count). The number of hydrogen-bond donors (Lipinski definition) is 2. The molecule has 0 aliphatic rings. The third kappa shape index (κ3) is 4.09. The summed E-state index contributed by atoms with van der Waals surface area (Å²) in [6.07, 6.45) is 0.957. The molecule has 0 fully saturated rings. The van der Waals surface area contributed by atoms with Gasteiger partial charge in [-0.25, -0.2) is 9.18 Å². The molecule has 0 radical (unpaired) electrons. The van der Waals surface area contributed by atoms with Gasteiger partial charge in [-0.3, -0.25) is 4.79 Å². The van der Waals surface area contributed by atoms with Gasteiger partial charge < -0.3 is 19.5 Å². The average Bonchev–Trinajstić information content (AvgIpc) is 2.73. The third-order valence-corrected chi connectivity index (χ3v) is 5.50. The second-order valence-corrected chi connectivity index (χ2v) is 7.42. The minimum atomic E-state index is -1.37. The highest BCUT2D eigenvalue weighted by molar-refractivity contribution is 6.30. The van der Waals surface area contributed by atoms with Crippen LogP contribution in [0.15, 0.2) is 47.4 Å². The summed E-state index contributed by atoms with van der Waals surface area (Å²) in [5.74, 6) is -1.91. The number of aliphatic hydroxyl groups is 1. The summed E-state index contributed by atoms with van der Waals surface area (Å²) in [4.78, 5) is 24.5. The molecular formula is C22H21ClFNO5. The van der Waals surface area contributed by atoms with Crippen LogP contribution in [-0.2, 0) is 11.2 Å². The summed E-state index contributed by atoms with van der Waals surface area (Å²) >= 11 is 5.84. The zero-order valence-electron chi connectivity index (χ0n) is 16.4. The van der Waals surface area contributed by atoms with Gasteiger partial charge in [-0.1, -0.05) is 29.8 Å². The van der Waals surface area contributed by atoms with Crippen molar-refractivity contribution in [3.8, 4) is 0 Å². The van der Waals surface area contributed by atoms with Gasteiger partial charge >= 0.3 is 5.97 Å². The predicted octanol–water partition coefficient (Wildman–Crippen LogP) is 3.65. The van der Waals surface area contributed by atoms with E-state index in [9.17, 15) is 24.2 Å². The molecule has 0 bridgehead atoms. The molecule has 0 aliphatic heterocycles. The number of nitrogens with zero attached hydrogens (tertiary/aromatic N) is 1. The summed E-state index contributed by atoms with van der Waals surface area (Å²) in [5.41, 5.74) is 0.357. The first kappa shape index (κ1) is 22.0. The van der Waals surface area contributed by atoms with Gasteiger partial charge in [-0.05, 0) is 36.2 Å². The Hall–Kier alpha value is -2.74. The second kappa shape index (κ2) is 8.95. The molecule has 0 spiro atoms. The topological polar surface area (TPSA) is 88.8 Å². The Morgan fingerprint density at radius 3 is 2.67 bits per heavy atom. The normalized spacial score (nSPS) is 13.4. The molecule has 8 heteroatoms. The number of fused-ring (bicyclic) bond motifs is 1. The monoisotopic (exact) mass is 433 g/mol. The van der Waals surface area contributed by atoms with E-state index in [0.717, 1.165) is 0 Å². The lowest BCUT2D eigenvalue weighted by atomic mass is 10.0. The van der Waals surface area contributed by atoms with Crippen molar-refractivity contribution in [2.24, 2.45) is 0 Å². The summed E-state index contributed by atoms with van der Waals surface area (Å²) in [6, 6.07) is 9.01. The number of rotatable bonds is 7. The molecule has 2 unspecified atom stereocenters. The van der Waals surface area contributed by atoms with Crippen LogP contribution in [0.1, 0.15) is 34.5 Å². The number of halogens is 2. The van der Waals surface area contributed by atoms with Crippen LogP contribution < -0.4 is 5.43 Å². The molecule has 0 saturated carbocycles. The molecule has 158 valence electrons. The first-order chi connectivity index (χ1) is 14.3. The Kier molecular flexibility index (Phi) is 6.55. The van der Waals surface area contributed by atoms with Gasteiger partial charge in [0.05, 0.1) is 29.3 Å². The Bertz CT molecular complexity index is 1160. The zero-order valence-corrected chi connectivity index (χ0v) is 17.2. The molecule has 6 nitrogen and oxygen atoms in total. The van der Waals surface area contributed by atoms with E-state index < -0.39 is 34.9 Å². The molecule has 0 amide bonds. The van der Waals surface area contributed by atoms with Crippen LogP contribution in [0.3, 0.4) is 0 Å². The molecule has 1 heterocycles. The van der Waals surface area contributed by atoms with E-state index in [1.807, 2.05) is 0 Å². The van der Waals surface area contributed by atoms with Gasteiger partial charge in [0, 0.05) is 25.1 Å². The van der Waals surface area contributed by atoms with E-state index in [4.69, 9.17) is 16.3 Å². The van der Waals surface area contributed by atoms with E-state index >= 15 is 0 Å². The van der Waals surface area contributed by atoms with Crippen molar-refractivity contribution in [2.45, 2.75) is 25.5 Å². The first-order valence-electron chi connectivity index (χ1n) is 9.26. The van der Waals surface area contributed by atoms with Crippen molar-refractivity contribution in [2.75, 3.05) is 13.7 Å². The molecule has 30 heavy (non-hydrogen) atoms. The van der Waals surface area contributed by atoms with Gasteiger partial charge in [0.15, 0.2) is 0 Å². The van der Waals surface area contributed by atoms with Gasteiger partial charge in [0.2, 0.25) is 5.43 Å². The number of carboxylic acid groups (broad SMARTS) is 1. The Morgan fingerprint density at radius 1 is 1.30 bits per heavy atom. The number of benzene rings is 2. The Morgan fingerprint density at radius 2 is 2.03 bits per heavy atom. The molecular weight excluding hydrogens is 413 g/mol. The van der Waals surface area contributed by atoms with E-state index in [0.29, 0.717) is 16.6 Å². The van der Waals surface area contributed by atoms with Crippen molar-refractivity contribution >= 4 is 28.5 Å². The van der Waals surface area contributed by atoms with Crippen LogP contribution in [0.25, 0.3) is 10.9 Å². The van der Waals surface area contributed by atoms with Gasteiger partial charge in [0.1, 0.15) is 11.4 Å². The standard InChI is InChI=1S/C22H21ClFNO5/c1-12(30-2)19(11-26)25-10-16(22(28)29)21(27)15-9-13(6-7-18(15)25)8-14-4-3-5-17(23)20(14)24/h3-7,9-10,12,19,26H,8,11H2,1-2H3,(H,28,29). The predicted molar refractivity (Wildman–Crippen MR) is 112 cm³/mol. The number of methoxy groups -OCH3 is 1. The number of aromatic carboxylic acids is 1. The fourth-order valence-corrected chi connectivity index (χ4v) is 3.66. The van der Waals surface area contributed by atoms with Gasteiger partial charge in [-0.15, -0.1) is 0 Å². The minimum absolute atomic E-state index is 0.00292. The van der Waals surface area contributed by atoms with Gasteiger partial charge in [0.25, 0.3) is 0 Å². The maximum atomic E-state index is 14.3. The second-order valence-electron chi connectivity index (χ2n) is 7.02. The maximum absolute atomic E-state index is 14.3. The van der Waals surface area contributed by atoms with Crippen molar-refractivity contribution in [3.05, 3.63) is 80.3 Å². The van der Waals surface area contributed by atoms with Crippen LogP contribution in [0.4, 0.5) is 4.39 Å². The molecule has 2 N–H and O–H groups in total. The van der Waals surface area contributed by atoms with E-state index in [2.05, 4.69) is 0 Å². The van der Waals surface area contributed by atoms with Crippen LogP contribution >= 0.6 is 11.6 Å². The molecule has 0 saturated heterocycles. The quantitative estimate of drug-likeness (QED) is 0.593. The lowest BCUT2D eigenvalue weighted by Gasteiger charge is -2.26. The molecule has 2 atom stereocenters. The van der Waals surface area contributed by atoms with Crippen LogP contribution in [-0.4, -0.2) is 40.6 Å². The van der Waals surface area contributed by atoms with Crippen molar-refractivity contribution in [1.82, 2.24) is 4.57 Å². The lowest BCUT2D eigenvalue weighted by molar-refractivity contribution is 0.0456. The van der Waals surface area contributed by atoms with E-state index in [1.165, 1.54) is 23.9 Å². The van der Waals surface area contributed by atoms with Crippen LogP contribution in [0, 0.1) is 5.82 Å². The number of hydrogen-bond acceptors (Lipinski definition) is 4. The molecule has 2 aromatic carbocycles. The highest BCUT2D eigenvalue weighted by atomic mass is 35.5. The number of aliphatic hydroxyl groups excluding tert-OH is 1. The summed E-state index contributed by atoms with van der Waals surface area (Å²) in [5, 5.41) is 19.5. The fraction of sp³-hybridized carbons (Fsp3) is 0.273. The minimum Gasteiger partial charge on any atom is -0.477 e. The number of pyridine rings is 1. The fourth-order valence-electron chi connectivity index (χ4n) is 3.46. The summed E-state index contributed by atoms with van der Waals surface area (Å²) < 4.78 is 21.1. The maximum Gasteiger partial charge on any atom is 0.341 e. The molecule has 3 aromatic rings. The smallest absolute Gasteiger partial charge is 0.341 e. The molecule has 1 aromatic heterocycles. The van der Waals surface area contributed by atoms with Crippen molar-refractivity contribution in [1.29, 1.82) is 0 Å². The summed E-state index contributed by atoms with van der Waals surface area (Å²) in [6.45, 7) is 1.42. The third-order valence-electron chi connectivity index (χ3n) is 5.21. The lowest BCUT2D eigenvalue weighted by Crippen LogP contribution is -2.29. The van der Waals surface area contributed by atoms with E-state index in [1.54, 1.807) is 37.3 Å². The largest absolute Gasteiger partial charge is 0.477 e. The summed E-state index contributed by atoms with van der Waals surface area (Å²) in [7, 11) is 1.48. The number of ether oxygens (including phenoxy) is 1.